The summed E-state index contributed by atoms with van der Waals surface area (Å²) in [5, 5.41) is 10.2. The number of aryl methyl sites for hydroxylation is 1. The Hall–Kier alpha value is -2.32. The first-order valence-corrected chi connectivity index (χ1v) is 10.5. The lowest BCUT2D eigenvalue weighted by atomic mass is 9.81. The maximum absolute atomic E-state index is 13.7. The van der Waals surface area contributed by atoms with Gasteiger partial charge in [0, 0.05) is 18.7 Å². The smallest absolute Gasteiger partial charge is 0.199 e. The van der Waals surface area contributed by atoms with Crippen LogP contribution in [0.15, 0.2) is 53.4 Å². The summed E-state index contributed by atoms with van der Waals surface area (Å²) >= 11 is 0. The highest BCUT2D eigenvalue weighted by molar-refractivity contribution is 7.93. The molecule has 0 N–H and O–H groups in total. The molecule has 0 aromatic heterocycles. The highest BCUT2D eigenvalue weighted by Gasteiger charge is 2.56. The third kappa shape index (κ3) is 2.36. The van der Waals surface area contributed by atoms with Gasteiger partial charge in [-0.25, -0.2) is 8.42 Å². The van der Waals surface area contributed by atoms with Gasteiger partial charge in [0.15, 0.2) is 14.6 Å². The van der Waals surface area contributed by atoms with Crippen molar-refractivity contribution >= 4 is 15.5 Å². The third-order valence-electron chi connectivity index (χ3n) is 5.80. The van der Waals surface area contributed by atoms with E-state index in [1.165, 1.54) is 0 Å². The number of hydrogen-bond donors (Lipinski definition) is 0. The molecule has 2 aliphatic rings. The van der Waals surface area contributed by atoms with Crippen LogP contribution in [0, 0.1) is 18.3 Å². The van der Waals surface area contributed by atoms with Crippen LogP contribution in [0.2, 0.25) is 0 Å². The van der Waals surface area contributed by atoms with Crippen molar-refractivity contribution in [3.63, 3.8) is 0 Å². The van der Waals surface area contributed by atoms with E-state index in [4.69, 9.17) is 0 Å². The summed E-state index contributed by atoms with van der Waals surface area (Å²) in [4.78, 5) is 2.41. The zero-order valence-corrected chi connectivity index (χ0v) is 15.7. The van der Waals surface area contributed by atoms with Crippen molar-refractivity contribution in [2.75, 3.05) is 11.4 Å². The van der Waals surface area contributed by atoms with Gasteiger partial charge in [-0.1, -0.05) is 35.9 Å². The molecule has 1 fully saturated rings. The maximum Gasteiger partial charge on any atom is 0.199 e. The van der Waals surface area contributed by atoms with E-state index in [1.807, 2.05) is 31.2 Å². The third-order valence-corrected chi connectivity index (χ3v) is 8.15. The molecule has 2 unspecified atom stereocenters. The molecular formula is C21H22N2O2S. The molecule has 4 rings (SSSR count). The molecule has 2 atom stereocenters. The van der Waals surface area contributed by atoms with Gasteiger partial charge in [0.1, 0.15) is 0 Å². The van der Waals surface area contributed by atoms with E-state index in [-0.39, 0.29) is 17.4 Å². The van der Waals surface area contributed by atoms with Crippen LogP contribution in [0.25, 0.3) is 0 Å². The molecule has 0 spiro atoms. The number of para-hydroxylation sites is 1. The van der Waals surface area contributed by atoms with Gasteiger partial charge in [0.2, 0.25) is 0 Å². The van der Waals surface area contributed by atoms with E-state index in [1.54, 1.807) is 24.3 Å². The molecule has 0 radical (unpaired) electrons. The molecule has 2 aromatic carbocycles. The number of sulfone groups is 1. The number of nitriles is 1. The van der Waals surface area contributed by atoms with Gasteiger partial charge >= 0.3 is 0 Å². The molecule has 134 valence electrons. The van der Waals surface area contributed by atoms with E-state index in [0.717, 1.165) is 42.6 Å². The molecule has 1 saturated heterocycles. The number of hydrogen-bond acceptors (Lipinski definition) is 4. The average molecular weight is 366 g/mol. The molecule has 2 heterocycles. The lowest BCUT2D eigenvalue weighted by Crippen LogP contribution is -2.62. The van der Waals surface area contributed by atoms with Gasteiger partial charge in [-0.2, -0.15) is 5.26 Å². The second kappa shape index (κ2) is 6.14. The molecule has 0 amide bonds. The van der Waals surface area contributed by atoms with Gasteiger partial charge in [0.25, 0.3) is 0 Å². The minimum Gasteiger partial charge on any atom is -0.366 e. The number of rotatable bonds is 2. The highest BCUT2D eigenvalue weighted by Crippen LogP contribution is 2.45. The number of piperidine rings is 1. The summed E-state index contributed by atoms with van der Waals surface area (Å²) in [6, 6.07) is 16.8. The fraction of sp³-hybridized carbons (Fsp3) is 0.381. The Bertz CT molecular complexity index is 976. The van der Waals surface area contributed by atoms with Crippen molar-refractivity contribution in [2.45, 2.75) is 48.3 Å². The van der Waals surface area contributed by atoms with Gasteiger partial charge < -0.3 is 4.90 Å². The van der Waals surface area contributed by atoms with Crippen molar-refractivity contribution < 1.29 is 8.42 Å². The summed E-state index contributed by atoms with van der Waals surface area (Å²) in [6.07, 6.45) is 2.96. The van der Waals surface area contributed by atoms with E-state index < -0.39 is 14.6 Å². The first-order valence-electron chi connectivity index (χ1n) is 9.07. The molecule has 0 bridgehead atoms. The predicted molar refractivity (Wildman–Crippen MR) is 102 cm³/mol. The number of fused-ring (bicyclic) bond motifs is 3. The van der Waals surface area contributed by atoms with Crippen LogP contribution in [-0.4, -0.2) is 25.8 Å². The van der Waals surface area contributed by atoms with Crippen molar-refractivity contribution in [3.8, 4) is 6.07 Å². The minimum absolute atomic E-state index is 0.245. The van der Waals surface area contributed by atoms with Gasteiger partial charge in [-0.05, 0) is 49.9 Å². The van der Waals surface area contributed by atoms with Crippen molar-refractivity contribution in [1.29, 1.82) is 5.26 Å². The second-order valence-electron chi connectivity index (χ2n) is 7.33. The van der Waals surface area contributed by atoms with Gasteiger partial charge in [0.05, 0.1) is 17.0 Å². The molecule has 2 aliphatic heterocycles. The summed E-state index contributed by atoms with van der Waals surface area (Å²) in [6.45, 7) is 2.73. The van der Waals surface area contributed by atoms with Crippen LogP contribution >= 0.6 is 0 Å². The van der Waals surface area contributed by atoms with E-state index in [2.05, 4.69) is 11.0 Å². The Morgan fingerprint density at radius 1 is 1.12 bits per heavy atom. The summed E-state index contributed by atoms with van der Waals surface area (Å²) in [5.41, 5.74) is 3.04. The quantitative estimate of drug-likeness (QED) is 0.814. The lowest BCUT2D eigenvalue weighted by Gasteiger charge is -2.49. The number of benzene rings is 2. The molecule has 4 nitrogen and oxygen atoms in total. The number of anilines is 1. The Labute approximate surface area is 155 Å². The average Bonchev–Trinajstić information content (AvgIpc) is 2.67. The van der Waals surface area contributed by atoms with E-state index in [0.29, 0.717) is 0 Å². The zero-order valence-electron chi connectivity index (χ0n) is 14.9. The van der Waals surface area contributed by atoms with Crippen LogP contribution < -0.4 is 4.90 Å². The standard InChI is InChI=1S/C21H22N2O2S/c1-16-9-11-18(12-10-16)26(24,25)21(15-22)14-17-6-2-3-7-19(17)23-13-5-4-8-20(21)23/h2-3,6-7,9-12,20H,4-5,8,13-14H2,1H3. The van der Waals surface area contributed by atoms with E-state index >= 15 is 0 Å². The lowest BCUT2D eigenvalue weighted by molar-refractivity contribution is 0.378. The molecular weight excluding hydrogens is 344 g/mol. The van der Waals surface area contributed by atoms with E-state index in [9.17, 15) is 13.7 Å². The maximum atomic E-state index is 13.7. The monoisotopic (exact) mass is 366 g/mol. The fourth-order valence-corrected chi connectivity index (χ4v) is 6.41. The van der Waals surface area contributed by atoms with Crippen molar-refractivity contribution in [3.05, 3.63) is 59.7 Å². The molecule has 0 aliphatic carbocycles. The largest absolute Gasteiger partial charge is 0.366 e. The van der Waals surface area contributed by atoms with Crippen molar-refractivity contribution in [2.24, 2.45) is 0 Å². The Kier molecular flexibility index (Phi) is 4.04. The minimum atomic E-state index is -3.81. The van der Waals surface area contributed by atoms with Crippen LogP contribution in [0.5, 0.6) is 0 Å². The normalized spacial score (nSPS) is 25.1. The van der Waals surface area contributed by atoms with Gasteiger partial charge in [-0.3, -0.25) is 0 Å². The summed E-state index contributed by atoms with van der Waals surface area (Å²) < 4.78 is 25.9. The highest BCUT2D eigenvalue weighted by atomic mass is 32.2. The summed E-state index contributed by atoms with van der Waals surface area (Å²) in [5.74, 6) is 0. The first kappa shape index (κ1) is 17.1. The SMILES string of the molecule is Cc1ccc(S(=O)(=O)C2(C#N)Cc3ccccc3N3CCCCC32)cc1. The Balaban J connectivity index is 1.92. The zero-order chi connectivity index (χ0) is 18.4. The Morgan fingerprint density at radius 3 is 2.58 bits per heavy atom. The molecule has 26 heavy (non-hydrogen) atoms. The topological polar surface area (TPSA) is 61.2 Å². The molecule has 5 heteroatoms. The van der Waals surface area contributed by atoms with Crippen molar-refractivity contribution in [1.82, 2.24) is 0 Å². The second-order valence-corrected chi connectivity index (χ2v) is 9.54. The van der Waals surface area contributed by atoms with Gasteiger partial charge in [-0.15, -0.1) is 0 Å². The van der Waals surface area contributed by atoms with Crippen LogP contribution in [0.4, 0.5) is 5.69 Å². The fourth-order valence-electron chi connectivity index (χ4n) is 4.42. The van der Waals surface area contributed by atoms with Crippen LogP contribution in [0.1, 0.15) is 30.4 Å². The Morgan fingerprint density at radius 2 is 1.85 bits per heavy atom. The first-order chi connectivity index (χ1) is 12.5. The predicted octanol–water partition coefficient (Wildman–Crippen LogP) is 3.65. The molecule has 2 aromatic rings. The van der Waals surface area contributed by atoms with Crippen LogP contribution in [0.3, 0.4) is 0 Å². The number of nitrogens with zero attached hydrogens (tertiary/aromatic N) is 2. The molecule has 0 saturated carbocycles. The summed E-state index contributed by atoms with van der Waals surface area (Å²) in [7, 11) is -3.81. The van der Waals surface area contributed by atoms with Crippen LogP contribution in [-0.2, 0) is 16.3 Å².